The minimum Gasteiger partial charge on any atom is -0.365 e. The lowest BCUT2D eigenvalue weighted by atomic mass is 10.1. The molecule has 1 aliphatic carbocycles. The maximum absolute atomic E-state index is 11.8. The van der Waals surface area contributed by atoms with Gasteiger partial charge in [-0.3, -0.25) is 4.79 Å². The van der Waals surface area contributed by atoms with E-state index >= 15 is 0 Å². The number of aromatic nitrogens is 1. The van der Waals surface area contributed by atoms with Crippen molar-refractivity contribution in [3.63, 3.8) is 0 Å². The van der Waals surface area contributed by atoms with Crippen molar-refractivity contribution in [3.8, 4) is 11.1 Å². The van der Waals surface area contributed by atoms with E-state index in [4.69, 9.17) is 0 Å². The molecule has 0 unspecified atom stereocenters. The number of fused-ring (bicyclic) bond motifs is 3. The summed E-state index contributed by atoms with van der Waals surface area (Å²) in [7, 11) is 0. The van der Waals surface area contributed by atoms with Gasteiger partial charge in [0.25, 0.3) is 0 Å². The number of rotatable bonds is 1. The molecular formula is C15H13NO. The van der Waals surface area contributed by atoms with Gasteiger partial charge in [0.1, 0.15) is 0 Å². The number of pyridine rings is 1. The lowest BCUT2D eigenvalue weighted by Gasteiger charge is -2.03. The van der Waals surface area contributed by atoms with Gasteiger partial charge in [-0.05, 0) is 36.2 Å². The van der Waals surface area contributed by atoms with E-state index in [2.05, 4.69) is 17.1 Å². The molecular weight excluding hydrogens is 210 g/mol. The predicted octanol–water partition coefficient (Wildman–Crippen LogP) is 3.78. The Morgan fingerprint density at radius 3 is 2.53 bits per heavy atom. The van der Waals surface area contributed by atoms with Crippen LogP contribution in [0.15, 0.2) is 36.5 Å². The van der Waals surface area contributed by atoms with Gasteiger partial charge in [0.15, 0.2) is 5.78 Å². The van der Waals surface area contributed by atoms with Crippen LogP contribution in [-0.2, 0) is 0 Å². The summed E-state index contributed by atoms with van der Waals surface area (Å²) in [5, 5.41) is 2.21. The summed E-state index contributed by atoms with van der Waals surface area (Å²) in [6, 6.07) is 10.2. The van der Waals surface area contributed by atoms with E-state index in [0.29, 0.717) is 0 Å². The van der Waals surface area contributed by atoms with E-state index in [0.717, 1.165) is 33.2 Å². The van der Waals surface area contributed by atoms with Gasteiger partial charge in [-0.2, -0.15) is 0 Å². The zero-order chi connectivity index (χ0) is 12.0. The Labute approximate surface area is 99.6 Å². The topological polar surface area (TPSA) is 32.9 Å². The van der Waals surface area contributed by atoms with Gasteiger partial charge in [0.05, 0.1) is 0 Å². The second-order valence-electron chi connectivity index (χ2n) is 4.42. The molecule has 0 aromatic heterocycles. The number of benzene rings is 1. The fourth-order valence-electron chi connectivity index (χ4n) is 2.49. The molecule has 1 aliphatic heterocycles. The van der Waals surface area contributed by atoms with Crippen LogP contribution in [0.2, 0.25) is 0 Å². The number of ketones is 1. The highest BCUT2D eigenvalue weighted by atomic mass is 16.1. The smallest absolute Gasteiger partial charge is 0.161 e. The Bertz CT molecular complexity index is 693. The van der Waals surface area contributed by atoms with Gasteiger partial charge in [0, 0.05) is 23.0 Å². The molecule has 0 radical (unpaired) electrons. The molecule has 17 heavy (non-hydrogen) atoms. The molecule has 0 fully saturated rings. The number of Topliss-reactive ketones (excluding diaryl/α,β-unsaturated/α-hetero) is 1. The van der Waals surface area contributed by atoms with Crippen LogP contribution >= 0.6 is 0 Å². The molecule has 2 heteroatoms. The van der Waals surface area contributed by atoms with Crippen LogP contribution in [-0.4, -0.2) is 10.8 Å². The van der Waals surface area contributed by atoms with Crippen LogP contribution in [0.4, 0.5) is 0 Å². The van der Waals surface area contributed by atoms with E-state index in [-0.39, 0.29) is 5.78 Å². The second kappa shape index (κ2) is 3.45. The van der Waals surface area contributed by atoms with E-state index in [9.17, 15) is 4.79 Å². The summed E-state index contributed by atoms with van der Waals surface area (Å²) in [4.78, 5) is 15.0. The summed E-state index contributed by atoms with van der Waals surface area (Å²) >= 11 is 0. The molecule has 2 aliphatic rings. The molecule has 3 rings (SSSR count). The van der Waals surface area contributed by atoms with Crippen molar-refractivity contribution in [2.24, 2.45) is 0 Å². The van der Waals surface area contributed by atoms with Gasteiger partial charge in [-0.25, -0.2) is 0 Å². The third-order valence-corrected chi connectivity index (χ3v) is 3.20. The zero-order valence-electron chi connectivity index (χ0n) is 9.87. The molecule has 0 saturated carbocycles. The lowest BCUT2D eigenvalue weighted by Crippen LogP contribution is -1.93. The lowest BCUT2D eigenvalue weighted by molar-refractivity contribution is 0.102. The van der Waals surface area contributed by atoms with Crippen molar-refractivity contribution < 1.29 is 4.79 Å². The van der Waals surface area contributed by atoms with Crippen molar-refractivity contribution >= 4 is 16.6 Å². The van der Waals surface area contributed by atoms with Gasteiger partial charge in [-0.15, -0.1) is 0 Å². The Kier molecular flexibility index (Phi) is 2.05. The van der Waals surface area contributed by atoms with Crippen LogP contribution in [0.3, 0.4) is 0 Å². The normalized spacial score (nSPS) is 11.2. The number of carbonyl (C=O) groups excluding carboxylic acids is 1. The first-order chi connectivity index (χ1) is 8.18. The average molecular weight is 223 g/mol. The number of H-pyrrole nitrogens is 1. The number of nitrogens with one attached hydrogen (secondary N) is 1. The SMILES string of the molecule is CC(=O)c1c2c[nH]c(C)cc-2c2ccccc12. The number of hydrogen-bond acceptors (Lipinski definition) is 1. The van der Waals surface area contributed by atoms with E-state index < -0.39 is 0 Å². The summed E-state index contributed by atoms with van der Waals surface area (Å²) in [5.41, 5.74) is 4.10. The van der Waals surface area contributed by atoms with Crippen molar-refractivity contribution in [1.82, 2.24) is 4.98 Å². The van der Waals surface area contributed by atoms with Crippen LogP contribution in [0.25, 0.3) is 21.9 Å². The van der Waals surface area contributed by atoms with Gasteiger partial charge in [-0.1, -0.05) is 24.3 Å². The highest BCUT2D eigenvalue weighted by Gasteiger charge is 2.19. The summed E-state index contributed by atoms with van der Waals surface area (Å²) in [6.07, 6.45) is 1.93. The van der Waals surface area contributed by atoms with Crippen LogP contribution in [0, 0.1) is 6.92 Å². The molecule has 1 aromatic rings. The maximum atomic E-state index is 11.8. The Morgan fingerprint density at radius 2 is 1.82 bits per heavy atom. The van der Waals surface area contributed by atoms with Crippen LogP contribution in [0.5, 0.6) is 0 Å². The fourth-order valence-corrected chi connectivity index (χ4v) is 2.49. The van der Waals surface area contributed by atoms with E-state index in [1.54, 1.807) is 6.92 Å². The molecule has 1 aromatic carbocycles. The van der Waals surface area contributed by atoms with Crippen molar-refractivity contribution in [3.05, 3.63) is 47.8 Å². The zero-order valence-corrected chi connectivity index (χ0v) is 9.87. The van der Waals surface area contributed by atoms with Crippen molar-refractivity contribution in [2.75, 3.05) is 0 Å². The molecule has 0 saturated heterocycles. The van der Waals surface area contributed by atoms with E-state index in [1.165, 1.54) is 0 Å². The first-order valence-electron chi connectivity index (χ1n) is 5.69. The standard InChI is InChI=1S/C15H13NO/c1-9-7-13-11-5-3-4-6-12(11)15(10(2)17)14(13)8-16-9/h3-8,16H,1-2H3. The Balaban J connectivity index is 2.56. The minimum absolute atomic E-state index is 0.119. The molecule has 2 nitrogen and oxygen atoms in total. The predicted molar refractivity (Wildman–Crippen MR) is 69.7 cm³/mol. The molecule has 1 N–H and O–H groups in total. The number of aryl methyl sites for hydroxylation is 1. The summed E-state index contributed by atoms with van der Waals surface area (Å²) in [5.74, 6) is 0.119. The summed E-state index contributed by atoms with van der Waals surface area (Å²) in [6.45, 7) is 3.65. The van der Waals surface area contributed by atoms with E-state index in [1.807, 2.05) is 31.3 Å². The van der Waals surface area contributed by atoms with Crippen molar-refractivity contribution in [1.29, 1.82) is 0 Å². The minimum atomic E-state index is 0.119. The number of carbonyl (C=O) groups is 1. The average Bonchev–Trinajstić information content (AvgIpc) is 2.63. The monoisotopic (exact) mass is 223 g/mol. The number of aromatic amines is 1. The molecule has 1 heterocycles. The van der Waals surface area contributed by atoms with Gasteiger partial charge < -0.3 is 4.98 Å². The van der Waals surface area contributed by atoms with Gasteiger partial charge in [0.2, 0.25) is 0 Å². The first kappa shape index (κ1) is 10.1. The van der Waals surface area contributed by atoms with Gasteiger partial charge >= 0.3 is 0 Å². The quantitative estimate of drug-likeness (QED) is 0.625. The van der Waals surface area contributed by atoms with Crippen molar-refractivity contribution in [2.45, 2.75) is 13.8 Å². The summed E-state index contributed by atoms with van der Waals surface area (Å²) < 4.78 is 0. The fraction of sp³-hybridized carbons (Fsp3) is 0.133. The molecule has 0 bridgehead atoms. The molecule has 0 spiro atoms. The largest absolute Gasteiger partial charge is 0.365 e. The van der Waals surface area contributed by atoms with Crippen LogP contribution in [0.1, 0.15) is 23.0 Å². The molecule has 0 amide bonds. The van der Waals surface area contributed by atoms with Crippen LogP contribution < -0.4 is 0 Å². The Hall–Kier alpha value is -2.09. The first-order valence-corrected chi connectivity index (χ1v) is 5.69. The Morgan fingerprint density at radius 1 is 1.12 bits per heavy atom. The highest BCUT2D eigenvalue weighted by molar-refractivity contribution is 6.19. The molecule has 84 valence electrons. The third kappa shape index (κ3) is 1.37. The number of hydrogen-bond donors (Lipinski definition) is 1. The molecule has 0 atom stereocenters. The maximum Gasteiger partial charge on any atom is 0.161 e. The third-order valence-electron chi connectivity index (χ3n) is 3.20. The highest BCUT2D eigenvalue weighted by Crippen LogP contribution is 2.38. The second-order valence-corrected chi connectivity index (χ2v) is 4.42.